The van der Waals surface area contributed by atoms with Crippen LogP contribution in [0, 0.1) is 6.92 Å². The molecule has 0 fully saturated rings. The zero-order chi connectivity index (χ0) is 21.0. The number of rotatable bonds is 4. The summed E-state index contributed by atoms with van der Waals surface area (Å²) in [5, 5.41) is 0. The van der Waals surface area contributed by atoms with E-state index >= 15 is 0 Å². The molecule has 0 bridgehead atoms. The van der Waals surface area contributed by atoms with Gasteiger partial charge in [0.2, 0.25) is 0 Å². The van der Waals surface area contributed by atoms with Crippen molar-refractivity contribution in [1.29, 1.82) is 0 Å². The zero-order valence-electron chi connectivity index (χ0n) is 17.8. The SMILES string of the molecule is Cc1cccc(-c2nc(-c3ccccc3)nc(-c3ccc(C4=CCCCC4)cc3)n2)c1. The summed E-state index contributed by atoms with van der Waals surface area (Å²) in [5.41, 5.74) is 6.95. The van der Waals surface area contributed by atoms with E-state index in [1.807, 2.05) is 36.4 Å². The van der Waals surface area contributed by atoms with Gasteiger partial charge in [0.15, 0.2) is 17.5 Å². The van der Waals surface area contributed by atoms with Crippen molar-refractivity contribution in [1.82, 2.24) is 15.0 Å². The molecule has 0 amide bonds. The Morgan fingerprint density at radius 3 is 1.84 bits per heavy atom. The second-order valence-electron chi connectivity index (χ2n) is 8.09. The standard InChI is InChI=1S/C28H25N3/c1-20-9-8-14-25(19-20)28-30-26(23-12-6-3-7-13-23)29-27(31-28)24-17-15-22(16-18-24)21-10-4-2-5-11-21/h3,6-10,12-19H,2,4-5,11H2,1H3. The monoisotopic (exact) mass is 403 g/mol. The van der Waals surface area contributed by atoms with Gasteiger partial charge in [0.1, 0.15) is 0 Å². The number of hydrogen-bond acceptors (Lipinski definition) is 3. The first-order chi connectivity index (χ1) is 15.3. The third kappa shape index (κ3) is 4.31. The van der Waals surface area contributed by atoms with Crippen LogP contribution in [0.3, 0.4) is 0 Å². The number of benzene rings is 3. The van der Waals surface area contributed by atoms with Crippen molar-refractivity contribution in [3.8, 4) is 34.2 Å². The lowest BCUT2D eigenvalue weighted by atomic mass is 9.93. The largest absolute Gasteiger partial charge is 0.208 e. The minimum Gasteiger partial charge on any atom is -0.208 e. The second-order valence-corrected chi connectivity index (χ2v) is 8.09. The smallest absolute Gasteiger partial charge is 0.164 e. The van der Waals surface area contributed by atoms with E-state index in [4.69, 9.17) is 15.0 Å². The molecular weight excluding hydrogens is 378 g/mol. The molecule has 3 nitrogen and oxygen atoms in total. The first kappa shape index (κ1) is 19.4. The molecule has 31 heavy (non-hydrogen) atoms. The fourth-order valence-corrected chi connectivity index (χ4v) is 4.07. The lowest BCUT2D eigenvalue weighted by Gasteiger charge is -2.13. The average Bonchev–Trinajstić information content (AvgIpc) is 2.85. The van der Waals surface area contributed by atoms with Gasteiger partial charge in [-0.1, -0.05) is 84.4 Å². The minimum absolute atomic E-state index is 0.696. The van der Waals surface area contributed by atoms with Crippen LogP contribution in [0.15, 0.2) is 84.9 Å². The van der Waals surface area contributed by atoms with Gasteiger partial charge in [0.05, 0.1) is 0 Å². The van der Waals surface area contributed by atoms with Gasteiger partial charge in [-0.3, -0.25) is 0 Å². The fourth-order valence-electron chi connectivity index (χ4n) is 4.07. The molecule has 0 aliphatic heterocycles. The van der Waals surface area contributed by atoms with Crippen molar-refractivity contribution >= 4 is 5.57 Å². The quantitative estimate of drug-likeness (QED) is 0.363. The maximum absolute atomic E-state index is 4.85. The summed E-state index contributed by atoms with van der Waals surface area (Å²) in [6.45, 7) is 2.09. The van der Waals surface area contributed by atoms with Crippen LogP contribution in [0.4, 0.5) is 0 Å². The van der Waals surface area contributed by atoms with Crippen molar-refractivity contribution < 1.29 is 0 Å². The van der Waals surface area contributed by atoms with Crippen LogP contribution in [0.5, 0.6) is 0 Å². The number of nitrogens with zero attached hydrogens (tertiary/aromatic N) is 3. The Bertz CT molecular complexity index is 1220. The minimum atomic E-state index is 0.696. The highest BCUT2D eigenvalue weighted by molar-refractivity contribution is 5.71. The van der Waals surface area contributed by atoms with Crippen LogP contribution in [0.1, 0.15) is 36.8 Å². The first-order valence-corrected chi connectivity index (χ1v) is 10.9. The molecule has 4 aromatic rings. The summed E-state index contributed by atoms with van der Waals surface area (Å²) in [5.74, 6) is 2.10. The Morgan fingerprint density at radius 1 is 0.581 bits per heavy atom. The van der Waals surface area contributed by atoms with E-state index in [0.29, 0.717) is 17.5 Å². The molecule has 3 heteroatoms. The van der Waals surface area contributed by atoms with Gasteiger partial charge in [-0.15, -0.1) is 0 Å². The zero-order valence-corrected chi connectivity index (χ0v) is 17.8. The maximum atomic E-state index is 4.85. The average molecular weight is 404 g/mol. The predicted octanol–water partition coefficient (Wildman–Crippen LogP) is 7.14. The first-order valence-electron chi connectivity index (χ1n) is 10.9. The molecule has 0 N–H and O–H groups in total. The predicted molar refractivity (Wildman–Crippen MR) is 127 cm³/mol. The summed E-state index contributed by atoms with van der Waals surface area (Å²) in [6, 6.07) is 27.1. The molecule has 0 spiro atoms. The van der Waals surface area contributed by atoms with Gasteiger partial charge >= 0.3 is 0 Å². The van der Waals surface area contributed by atoms with E-state index in [-0.39, 0.29) is 0 Å². The molecule has 0 atom stereocenters. The Hall–Kier alpha value is -3.59. The molecule has 152 valence electrons. The van der Waals surface area contributed by atoms with Crippen molar-refractivity contribution in [2.75, 3.05) is 0 Å². The molecule has 3 aromatic carbocycles. The van der Waals surface area contributed by atoms with Crippen LogP contribution in [0.25, 0.3) is 39.7 Å². The van der Waals surface area contributed by atoms with Crippen LogP contribution in [-0.4, -0.2) is 15.0 Å². The summed E-state index contributed by atoms with van der Waals surface area (Å²) < 4.78 is 0. The normalized spacial score (nSPS) is 13.6. The van der Waals surface area contributed by atoms with E-state index in [0.717, 1.165) is 16.7 Å². The van der Waals surface area contributed by atoms with Crippen molar-refractivity contribution in [3.05, 3.63) is 96.1 Å². The van der Waals surface area contributed by atoms with E-state index < -0.39 is 0 Å². The van der Waals surface area contributed by atoms with Crippen molar-refractivity contribution in [2.24, 2.45) is 0 Å². The van der Waals surface area contributed by atoms with E-state index in [1.54, 1.807) is 0 Å². The lowest BCUT2D eigenvalue weighted by Crippen LogP contribution is -2.00. The molecule has 1 aliphatic carbocycles. The van der Waals surface area contributed by atoms with Gasteiger partial charge in [-0.25, -0.2) is 15.0 Å². The van der Waals surface area contributed by atoms with Crippen molar-refractivity contribution in [2.45, 2.75) is 32.6 Å². The Balaban J connectivity index is 1.59. The Labute approximate surface area is 183 Å². The summed E-state index contributed by atoms with van der Waals surface area (Å²) in [7, 11) is 0. The van der Waals surface area contributed by atoms with Crippen LogP contribution >= 0.6 is 0 Å². The van der Waals surface area contributed by atoms with Gasteiger partial charge < -0.3 is 0 Å². The Morgan fingerprint density at radius 2 is 1.19 bits per heavy atom. The van der Waals surface area contributed by atoms with Crippen molar-refractivity contribution in [3.63, 3.8) is 0 Å². The van der Waals surface area contributed by atoms with E-state index in [2.05, 4.69) is 55.5 Å². The molecule has 0 unspecified atom stereocenters. The van der Waals surface area contributed by atoms with E-state index in [1.165, 1.54) is 42.4 Å². The van der Waals surface area contributed by atoms with E-state index in [9.17, 15) is 0 Å². The van der Waals surface area contributed by atoms with Gasteiger partial charge in [-0.2, -0.15) is 0 Å². The summed E-state index contributed by atoms with van der Waals surface area (Å²) in [4.78, 5) is 14.5. The molecule has 0 radical (unpaired) electrons. The number of hydrogen-bond donors (Lipinski definition) is 0. The molecule has 1 aromatic heterocycles. The van der Waals surface area contributed by atoms with Crippen LogP contribution in [0.2, 0.25) is 0 Å². The summed E-state index contributed by atoms with van der Waals surface area (Å²) in [6.07, 6.45) is 7.31. The third-order valence-electron chi connectivity index (χ3n) is 5.75. The number of allylic oxidation sites excluding steroid dienone is 2. The second kappa shape index (κ2) is 8.65. The summed E-state index contributed by atoms with van der Waals surface area (Å²) >= 11 is 0. The highest BCUT2D eigenvalue weighted by Gasteiger charge is 2.13. The highest BCUT2D eigenvalue weighted by atomic mass is 15.0. The molecular formula is C28H25N3. The third-order valence-corrected chi connectivity index (χ3v) is 5.75. The maximum Gasteiger partial charge on any atom is 0.164 e. The van der Waals surface area contributed by atoms with Crippen LogP contribution < -0.4 is 0 Å². The fraction of sp³-hybridized carbons (Fsp3) is 0.179. The van der Waals surface area contributed by atoms with Gasteiger partial charge in [0, 0.05) is 16.7 Å². The van der Waals surface area contributed by atoms with Gasteiger partial charge in [0.25, 0.3) is 0 Å². The molecule has 1 heterocycles. The molecule has 1 aliphatic rings. The molecule has 0 saturated heterocycles. The van der Waals surface area contributed by atoms with Crippen LogP contribution in [-0.2, 0) is 0 Å². The number of aromatic nitrogens is 3. The molecule has 0 saturated carbocycles. The topological polar surface area (TPSA) is 38.7 Å². The number of aryl methyl sites for hydroxylation is 1. The highest BCUT2D eigenvalue weighted by Crippen LogP contribution is 2.29. The molecule has 5 rings (SSSR count). The van der Waals surface area contributed by atoms with Gasteiger partial charge in [-0.05, 0) is 49.8 Å². The Kier molecular flexibility index (Phi) is 5.40. The lowest BCUT2D eigenvalue weighted by molar-refractivity contribution is 0.742.